The smallest absolute Gasteiger partial charge is 0.748 e. The molecule has 114 valence electrons. The molecule has 0 spiro atoms. The van der Waals surface area contributed by atoms with E-state index in [0.29, 0.717) is 6.42 Å². The van der Waals surface area contributed by atoms with E-state index >= 15 is 0 Å². The summed E-state index contributed by atoms with van der Waals surface area (Å²) in [6, 6.07) is 8.34. The number of rotatable bonds is 5. The number of fused-ring (bicyclic) bond motifs is 3. The van der Waals surface area contributed by atoms with Gasteiger partial charge in [0.2, 0.25) is 0 Å². The third kappa shape index (κ3) is 4.34. The summed E-state index contributed by atoms with van der Waals surface area (Å²) in [5.41, 5.74) is 3.85. The number of benzene rings is 1. The summed E-state index contributed by atoms with van der Waals surface area (Å²) in [5.74, 6) is -0.252. The molecule has 1 aliphatic heterocycles. The minimum atomic E-state index is -4.07. The number of nitrogens with one attached hydrogen (secondary N) is 1. The van der Waals surface area contributed by atoms with Crippen LogP contribution in [0.4, 0.5) is 0 Å². The quantitative estimate of drug-likeness (QED) is 0.427. The molecule has 0 atom stereocenters. The average molecular weight is 330 g/mol. The number of hydrogen-bond acceptors (Lipinski definition) is 4. The predicted molar refractivity (Wildman–Crippen MR) is 81.1 cm³/mol. The van der Waals surface area contributed by atoms with Gasteiger partial charge in [0, 0.05) is 35.4 Å². The minimum Gasteiger partial charge on any atom is -0.748 e. The maximum absolute atomic E-state index is 10.6. The molecule has 1 aliphatic rings. The summed E-state index contributed by atoms with van der Waals surface area (Å²) < 4.78 is 31.7. The topological polar surface area (TPSA) is 76.2 Å². The minimum absolute atomic E-state index is 0. The van der Waals surface area contributed by atoms with Gasteiger partial charge < -0.3 is 9.54 Å². The van der Waals surface area contributed by atoms with Crippen molar-refractivity contribution in [3.63, 3.8) is 0 Å². The molecule has 0 aliphatic carbocycles. The first-order valence-corrected chi connectivity index (χ1v) is 8.85. The standard InChI is InChI=1S/C15H20N2O3S.Na/c18-21(19,20)10-4-3-8-17-9-7-13-12-5-1-2-6-14(12)16-15(13)11-17;/h1-2,5-6,16H,3-4,7-11H2,(H,18,19,20);/q;+1/p-1. The normalized spacial score (nSPS) is 15.5. The summed E-state index contributed by atoms with van der Waals surface area (Å²) in [4.78, 5) is 5.79. The van der Waals surface area contributed by atoms with Gasteiger partial charge in [0.1, 0.15) is 0 Å². The van der Waals surface area contributed by atoms with E-state index in [-0.39, 0.29) is 35.3 Å². The zero-order valence-corrected chi connectivity index (χ0v) is 15.7. The Morgan fingerprint density at radius 1 is 1.23 bits per heavy atom. The van der Waals surface area contributed by atoms with Gasteiger partial charge in [-0.25, -0.2) is 8.42 Å². The number of para-hydroxylation sites is 1. The molecule has 22 heavy (non-hydrogen) atoms. The van der Waals surface area contributed by atoms with Gasteiger partial charge in [0.05, 0.1) is 10.1 Å². The van der Waals surface area contributed by atoms with Crippen LogP contribution in [0.5, 0.6) is 0 Å². The van der Waals surface area contributed by atoms with Crippen molar-refractivity contribution in [3.8, 4) is 0 Å². The van der Waals surface area contributed by atoms with Crippen LogP contribution in [0.3, 0.4) is 0 Å². The fourth-order valence-electron chi connectivity index (χ4n) is 3.05. The molecule has 1 aromatic carbocycles. The average Bonchev–Trinajstić information content (AvgIpc) is 2.80. The van der Waals surface area contributed by atoms with Gasteiger partial charge in [-0.15, -0.1) is 0 Å². The van der Waals surface area contributed by atoms with E-state index in [4.69, 9.17) is 0 Å². The number of aromatic nitrogens is 1. The fourth-order valence-corrected chi connectivity index (χ4v) is 3.61. The molecule has 2 heterocycles. The van der Waals surface area contributed by atoms with E-state index in [1.165, 1.54) is 22.2 Å². The van der Waals surface area contributed by atoms with Crippen molar-refractivity contribution in [1.29, 1.82) is 0 Å². The van der Waals surface area contributed by atoms with Crippen LogP contribution >= 0.6 is 0 Å². The Labute approximate surface area is 153 Å². The molecular formula is C15H19N2NaO3S. The first kappa shape index (κ1) is 18.0. The summed E-state index contributed by atoms with van der Waals surface area (Å²) in [7, 11) is -4.07. The molecule has 3 rings (SSSR count). The molecule has 1 aromatic heterocycles. The first-order chi connectivity index (χ1) is 10.0. The number of unbranched alkanes of at least 4 members (excludes halogenated alkanes) is 1. The molecule has 5 nitrogen and oxygen atoms in total. The molecule has 0 radical (unpaired) electrons. The Kier molecular flexibility index (Phi) is 6.10. The van der Waals surface area contributed by atoms with Crippen molar-refractivity contribution in [2.45, 2.75) is 25.8 Å². The molecule has 2 aromatic rings. The number of aromatic amines is 1. The Morgan fingerprint density at radius 2 is 2.00 bits per heavy atom. The van der Waals surface area contributed by atoms with Crippen LogP contribution in [0.25, 0.3) is 10.9 Å². The van der Waals surface area contributed by atoms with Crippen LogP contribution in [0.15, 0.2) is 24.3 Å². The molecule has 1 N–H and O–H groups in total. The van der Waals surface area contributed by atoms with E-state index in [0.717, 1.165) is 32.5 Å². The van der Waals surface area contributed by atoms with Crippen LogP contribution < -0.4 is 29.6 Å². The Balaban J connectivity index is 0.00000176. The maximum atomic E-state index is 10.6. The predicted octanol–water partition coefficient (Wildman–Crippen LogP) is -1.14. The molecule has 0 bridgehead atoms. The van der Waals surface area contributed by atoms with Crippen molar-refractivity contribution in [2.24, 2.45) is 0 Å². The molecule has 7 heteroatoms. The Morgan fingerprint density at radius 3 is 2.77 bits per heavy atom. The van der Waals surface area contributed by atoms with Gasteiger partial charge in [0.25, 0.3) is 0 Å². The second kappa shape index (κ2) is 7.47. The summed E-state index contributed by atoms with van der Waals surface area (Å²) >= 11 is 0. The van der Waals surface area contributed by atoms with Crippen molar-refractivity contribution in [3.05, 3.63) is 35.5 Å². The summed E-state index contributed by atoms with van der Waals surface area (Å²) in [5, 5.41) is 1.31. The van der Waals surface area contributed by atoms with Crippen molar-refractivity contribution < 1.29 is 42.5 Å². The number of hydrogen-bond donors (Lipinski definition) is 1. The largest absolute Gasteiger partial charge is 1.00 e. The summed E-state index contributed by atoms with van der Waals surface area (Å²) in [6.07, 6.45) is 2.21. The van der Waals surface area contributed by atoms with E-state index < -0.39 is 10.1 Å². The molecule has 0 fully saturated rings. The van der Waals surface area contributed by atoms with E-state index in [1.807, 2.05) is 6.07 Å². The van der Waals surface area contributed by atoms with E-state index in [2.05, 4.69) is 28.1 Å². The molecule has 0 unspecified atom stereocenters. The van der Waals surface area contributed by atoms with E-state index in [9.17, 15) is 13.0 Å². The molecule has 0 amide bonds. The van der Waals surface area contributed by atoms with Gasteiger partial charge in [-0.05, 0) is 37.4 Å². The molecule has 0 saturated carbocycles. The second-order valence-corrected chi connectivity index (χ2v) is 7.15. The number of nitrogens with zero attached hydrogens (tertiary/aromatic N) is 1. The van der Waals surface area contributed by atoms with Crippen LogP contribution in [-0.4, -0.2) is 41.7 Å². The monoisotopic (exact) mass is 330 g/mol. The Hall–Kier alpha value is -0.370. The van der Waals surface area contributed by atoms with Crippen molar-refractivity contribution >= 4 is 21.0 Å². The van der Waals surface area contributed by atoms with Gasteiger partial charge in [-0.3, -0.25) is 4.90 Å². The van der Waals surface area contributed by atoms with Crippen LogP contribution in [0.2, 0.25) is 0 Å². The second-order valence-electron chi connectivity index (χ2n) is 5.62. The Bertz CT molecular complexity index is 742. The zero-order chi connectivity index (χ0) is 14.9. The SMILES string of the molecule is O=S(=O)([O-])CCCCN1CCc2c([nH]c3ccccc23)C1.[Na+]. The van der Waals surface area contributed by atoms with E-state index in [1.54, 1.807) is 0 Å². The third-order valence-electron chi connectivity index (χ3n) is 4.08. The molecular weight excluding hydrogens is 311 g/mol. The van der Waals surface area contributed by atoms with Gasteiger partial charge in [-0.2, -0.15) is 0 Å². The first-order valence-electron chi connectivity index (χ1n) is 7.27. The number of H-pyrrole nitrogens is 1. The van der Waals surface area contributed by atoms with Gasteiger partial charge in [0.15, 0.2) is 0 Å². The zero-order valence-electron chi connectivity index (χ0n) is 12.8. The van der Waals surface area contributed by atoms with Gasteiger partial charge >= 0.3 is 29.6 Å². The van der Waals surface area contributed by atoms with Gasteiger partial charge in [-0.1, -0.05) is 18.2 Å². The molecule has 0 saturated heterocycles. The van der Waals surface area contributed by atoms with Crippen molar-refractivity contribution in [1.82, 2.24) is 9.88 Å². The van der Waals surface area contributed by atoms with Crippen LogP contribution in [-0.2, 0) is 23.1 Å². The van der Waals surface area contributed by atoms with Crippen LogP contribution in [0, 0.1) is 0 Å². The third-order valence-corrected chi connectivity index (χ3v) is 4.87. The van der Waals surface area contributed by atoms with Crippen LogP contribution in [0.1, 0.15) is 24.1 Å². The fraction of sp³-hybridized carbons (Fsp3) is 0.467. The summed E-state index contributed by atoms with van der Waals surface area (Å²) in [6.45, 7) is 2.69. The maximum Gasteiger partial charge on any atom is 1.00 e. The van der Waals surface area contributed by atoms with Crippen molar-refractivity contribution in [2.75, 3.05) is 18.8 Å².